The Bertz CT molecular complexity index is 1080. The molecule has 0 aromatic carbocycles. The number of likely N-dealkylation sites (N-methyl/N-ethyl adjacent to an activating group) is 1. The van der Waals surface area contributed by atoms with Crippen LogP contribution in [0.1, 0.15) is 85.0 Å². The van der Waals surface area contributed by atoms with Gasteiger partial charge in [0.1, 0.15) is 17.6 Å². The van der Waals surface area contributed by atoms with Crippen molar-refractivity contribution in [2.75, 3.05) is 26.4 Å². The Labute approximate surface area is 238 Å². The van der Waals surface area contributed by atoms with E-state index in [4.69, 9.17) is 0 Å². The number of rotatable bonds is 6. The summed E-state index contributed by atoms with van der Waals surface area (Å²) in [6.07, 6.45) is 8.02. The van der Waals surface area contributed by atoms with Crippen LogP contribution in [0.2, 0.25) is 0 Å². The summed E-state index contributed by atoms with van der Waals surface area (Å²) in [5.74, 6) is -1.94. The van der Waals surface area contributed by atoms with E-state index in [1.54, 1.807) is 0 Å². The molecule has 228 valence electrons. The van der Waals surface area contributed by atoms with Crippen molar-refractivity contribution >= 4 is 33.8 Å². The molecule has 2 saturated heterocycles. The minimum absolute atomic E-state index is 0.0645. The first kappa shape index (κ1) is 32.1. The molecule has 4 N–H and O–H groups in total. The van der Waals surface area contributed by atoms with E-state index in [1.165, 1.54) is 16.3 Å². The van der Waals surface area contributed by atoms with Gasteiger partial charge in [-0.05, 0) is 43.4 Å². The number of carboxylic acids is 1. The molecule has 2 unspecified atom stereocenters. The quantitative estimate of drug-likeness (QED) is 0.368. The van der Waals surface area contributed by atoms with Gasteiger partial charge in [-0.3, -0.25) is 9.59 Å². The third kappa shape index (κ3) is 7.86. The van der Waals surface area contributed by atoms with Crippen molar-refractivity contribution in [3.05, 3.63) is 0 Å². The maximum absolute atomic E-state index is 13.7. The van der Waals surface area contributed by atoms with Gasteiger partial charge < -0.3 is 26.0 Å². The molecule has 40 heavy (non-hydrogen) atoms. The predicted molar refractivity (Wildman–Crippen MR) is 150 cm³/mol. The zero-order valence-corrected chi connectivity index (χ0v) is 25.3. The molecule has 1 saturated carbocycles. The molecule has 0 bridgehead atoms. The Morgan fingerprint density at radius 2 is 1.73 bits per heavy atom. The lowest BCUT2D eigenvalue weighted by Crippen LogP contribution is -2.59. The van der Waals surface area contributed by atoms with Crippen molar-refractivity contribution in [2.45, 2.75) is 109 Å². The minimum Gasteiger partial charge on any atom is -0.479 e. The number of hydrogen-bond acceptors (Lipinski definition) is 6. The molecule has 2 aliphatic heterocycles. The standard InChI is InChI=1S/C27H47N5O7S/c1-26(2,3)21(17-31(4)40(5,38)39)29-25(37)28-19-13-10-8-6-7-9-12-18-16-27(18,24(35)36)30-22(33)20-14-11-15-32(20)23(19)34/h18-21H,6-17H2,1-5H3,(H,30,33)(H,35,36)(H2,28,29,37)/t18?,19-,20-,21?,27+/m0/s1. The maximum Gasteiger partial charge on any atom is 0.329 e. The van der Waals surface area contributed by atoms with Crippen LogP contribution in [-0.2, 0) is 24.4 Å². The fourth-order valence-corrected chi connectivity index (χ4v) is 6.19. The number of carbonyl (C=O) groups is 4. The number of nitrogens with zero attached hydrogens (tertiary/aromatic N) is 2. The average Bonchev–Trinajstić information content (AvgIpc) is 3.30. The van der Waals surface area contributed by atoms with Crippen molar-refractivity contribution in [3.63, 3.8) is 0 Å². The SMILES string of the molecule is CN(CC(NC(=O)N[C@H]1CCCCCCCC2C[C@@]2(C(=O)O)NC(=O)[C@@H]2CCCN2C1=O)C(C)(C)C)S(C)(=O)=O. The second-order valence-electron chi connectivity index (χ2n) is 12.8. The Morgan fingerprint density at radius 3 is 2.33 bits per heavy atom. The lowest BCUT2D eigenvalue weighted by Gasteiger charge is -2.35. The summed E-state index contributed by atoms with van der Waals surface area (Å²) >= 11 is 0. The second kappa shape index (κ2) is 12.6. The van der Waals surface area contributed by atoms with E-state index in [9.17, 15) is 32.7 Å². The highest BCUT2D eigenvalue weighted by atomic mass is 32.2. The van der Waals surface area contributed by atoms with Gasteiger partial charge in [0.05, 0.1) is 6.26 Å². The zero-order valence-electron chi connectivity index (χ0n) is 24.5. The average molecular weight is 586 g/mol. The fraction of sp³-hybridized carbons (Fsp3) is 0.852. The van der Waals surface area contributed by atoms with Crippen LogP contribution in [0.25, 0.3) is 0 Å². The molecule has 12 nitrogen and oxygen atoms in total. The summed E-state index contributed by atoms with van der Waals surface area (Å²) < 4.78 is 25.2. The van der Waals surface area contributed by atoms with Crippen molar-refractivity contribution in [1.29, 1.82) is 0 Å². The summed E-state index contributed by atoms with van der Waals surface area (Å²) in [6, 6.07) is -2.76. The molecule has 0 radical (unpaired) electrons. The molecule has 4 amide bonds. The van der Waals surface area contributed by atoms with Gasteiger partial charge in [0, 0.05) is 26.2 Å². The lowest BCUT2D eigenvalue weighted by atomic mass is 9.87. The summed E-state index contributed by atoms with van der Waals surface area (Å²) in [7, 11) is -2.01. The molecule has 5 atom stereocenters. The largest absolute Gasteiger partial charge is 0.479 e. The minimum atomic E-state index is -3.46. The van der Waals surface area contributed by atoms with E-state index in [-0.39, 0.29) is 18.4 Å². The molecular weight excluding hydrogens is 538 g/mol. The number of nitrogens with one attached hydrogen (secondary N) is 3. The van der Waals surface area contributed by atoms with E-state index in [0.29, 0.717) is 38.6 Å². The second-order valence-corrected chi connectivity index (χ2v) is 14.9. The summed E-state index contributed by atoms with van der Waals surface area (Å²) in [6.45, 7) is 6.10. The molecule has 0 spiro atoms. The Kier molecular flexibility index (Phi) is 10.1. The van der Waals surface area contributed by atoms with Crippen LogP contribution in [0.4, 0.5) is 4.79 Å². The van der Waals surface area contributed by atoms with Gasteiger partial charge in [0.15, 0.2) is 0 Å². The summed E-state index contributed by atoms with van der Waals surface area (Å²) in [5.41, 5.74) is -1.73. The van der Waals surface area contributed by atoms with Crippen LogP contribution in [0.3, 0.4) is 0 Å². The number of fused-ring (bicyclic) bond motifs is 2. The lowest BCUT2D eigenvalue weighted by molar-refractivity contribution is -0.145. The van der Waals surface area contributed by atoms with Crippen molar-refractivity contribution in [2.24, 2.45) is 11.3 Å². The smallest absolute Gasteiger partial charge is 0.329 e. The van der Waals surface area contributed by atoms with Crippen molar-refractivity contribution in [3.8, 4) is 0 Å². The third-order valence-corrected chi connectivity index (χ3v) is 9.96. The van der Waals surface area contributed by atoms with Gasteiger partial charge in [-0.2, -0.15) is 0 Å². The number of amides is 4. The van der Waals surface area contributed by atoms with Crippen LogP contribution in [0, 0.1) is 11.3 Å². The van der Waals surface area contributed by atoms with Crippen LogP contribution in [-0.4, -0.2) is 96.6 Å². The zero-order chi connectivity index (χ0) is 29.9. The summed E-state index contributed by atoms with van der Waals surface area (Å²) in [4.78, 5) is 53.8. The van der Waals surface area contributed by atoms with Gasteiger partial charge in [0.2, 0.25) is 21.8 Å². The number of hydrogen-bond donors (Lipinski definition) is 4. The topological polar surface area (TPSA) is 165 Å². The highest BCUT2D eigenvalue weighted by Crippen LogP contribution is 2.47. The monoisotopic (exact) mass is 585 g/mol. The number of sulfonamides is 1. The first-order valence-corrected chi connectivity index (χ1v) is 16.3. The molecule has 3 rings (SSSR count). The van der Waals surface area contributed by atoms with E-state index in [0.717, 1.165) is 38.4 Å². The summed E-state index contributed by atoms with van der Waals surface area (Å²) in [5, 5.41) is 18.3. The van der Waals surface area contributed by atoms with Gasteiger partial charge in [-0.25, -0.2) is 22.3 Å². The first-order chi connectivity index (χ1) is 18.6. The van der Waals surface area contributed by atoms with Gasteiger partial charge in [-0.15, -0.1) is 0 Å². The Morgan fingerprint density at radius 1 is 1.10 bits per heavy atom. The molecule has 13 heteroatoms. The van der Waals surface area contributed by atoms with E-state index in [1.807, 2.05) is 20.8 Å². The number of aliphatic carboxylic acids is 1. The first-order valence-electron chi connectivity index (χ1n) is 14.4. The van der Waals surface area contributed by atoms with Crippen LogP contribution >= 0.6 is 0 Å². The number of urea groups is 1. The Hall–Kier alpha value is -2.41. The fourth-order valence-electron chi connectivity index (χ4n) is 5.77. The molecule has 3 fully saturated rings. The predicted octanol–water partition coefficient (Wildman–Crippen LogP) is 1.66. The van der Waals surface area contributed by atoms with Crippen LogP contribution in [0.5, 0.6) is 0 Å². The van der Waals surface area contributed by atoms with Gasteiger partial charge >= 0.3 is 12.0 Å². The normalized spacial score (nSPS) is 29.4. The van der Waals surface area contributed by atoms with Gasteiger partial charge in [-0.1, -0.05) is 52.9 Å². The maximum atomic E-state index is 13.7. The molecule has 2 heterocycles. The Balaban J connectivity index is 1.77. The van der Waals surface area contributed by atoms with Crippen LogP contribution < -0.4 is 16.0 Å². The molecule has 1 aliphatic carbocycles. The van der Waals surface area contributed by atoms with Gasteiger partial charge in [0.25, 0.3) is 0 Å². The van der Waals surface area contributed by atoms with E-state index < -0.39 is 57.0 Å². The third-order valence-electron chi connectivity index (χ3n) is 8.68. The number of carbonyl (C=O) groups excluding carboxylic acids is 3. The van der Waals surface area contributed by atoms with Crippen LogP contribution in [0.15, 0.2) is 0 Å². The molecule has 0 aromatic rings. The molecular formula is C27H47N5O7S. The van der Waals surface area contributed by atoms with E-state index >= 15 is 0 Å². The van der Waals surface area contributed by atoms with Crippen molar-refractivity contribution < 1.29 is 32.7 Å². The van der Waals surface area contributed by atoms with E-state index in [2.05, 4.69) is 16.0 Å². The number of carboxylic acid groups (broad SMARTS) is 1. The molecule has 3 aliphatic rings. The van der Waals surface area contributed by atoms with Crippen molar-refractivity contribution in [1.82, 2.24) is 25.2 Å². The highest BCUT2D eigenvalue weighted by molar-refractivity contribution is 7.88. The highest BCUT2D eigenvalue weighted by Gasteiger charge is 2.61. The molecule has 0 aromatic heterocycles.